The Hall–Kier alpha value is -1.62. The third-order valence-corrected chi connectivity index (χ3v) is 4.30. The Morgan fingerprint density at radius 2 is 2.37 bits per heavy atom. The van der Waals surface area contributed by atoms with E-state index >= 15 is 0 Å². The van der Waals surface area contributed by atoms with Crippen molar-refractivity contribution >= 4 is 17.2 Å². The number of amides is 1. The maximum atomic E-state index is 12.1. The number of aromatic amines is 1. The molecule has 3 rings (SSSR count). The van der Waals surface area contributed by atoms with Gasteiger partial charge in [0.15, 0.2) is 0 Å². The summed E-state index contributed by atoms with van der Waals surface area (Å²) in [6, 6.07) is 2.13. The number of hydrogen-bond acceptors (Lipinski definition) is 3. The third kappa shape index (κ3) is 2.71. The molecule has 0 radical (unpaired) electrons. The summed E-state index contributed by atoms with van der Waals surface area (Å²) in [6.45, 7) is 4.05. The Bertz CT molecular complexity index is 597. The number of H-pyrrole nitrogens is 1. The molecule has 1 amide bonds. The fourth-order valence-corrected chi connectivity index (χ4v) is 2.79. The van der Waals surface area contributed by atoms with Crippen molar-refractivity contribution in [3.63, 3.8) is 0 Å². The van der Waals surface area contributed by atoms with Crippen LogP contribution in [0.15, 0.2) is 17.6 Å². The van der Waals surface area contributed by atoms with Crippen molar-refractivity contribution in [2.45, 2.75) is 32.7 Å². The number of nitrogens with one attached hydrogen (secondary N) is 2. The Kier molecular flexibility index (Phi) is 3.14. The van der Waals surface area contributed by atoms with Gasteiger partial charge < -0.3 is 10.3 Å². The van der Waals surface area contributed by atoms with Crippen LogP contribution in [0.5, 0.6) is 0 Å². The van der Waals surface area contributed by atoms with Crippen molar-refractivity contribution < 1.29 is 4.79 Å². The zero-order valence-corrected chi connectivity index (χ0v) is 11.9. The number of thiazole rings is 1. The van der Waals surface area contributed by atoms with Crippen LogP contribution in [0.4, 0.5) is 0 Å². The second-order valence-electron chi connectivity index (χ2n) is 5.15. The van der Waals surface area contributed by atoms with E-state index in [1.54, 1.807) is 11.3 Å². The molecule has 19 heavy (non-hydrogen) atoms. The molecule has 2 N–H and O–H groups in total. The van der Waals surface area contributed by atoms with Gasteiger partial charge >= 0.3 is 0 Å². The number of carbonyl (C=O) groups is 1. The van der Waals surface area contributed by atoms with E-state index in [4.69, 9.17) is 0 Å². The SMILES string of the molecule is Cc1nc(-c2c[nH]c(C(=O)N[C@H](C)C3CC3)c2)cs1. The first-order valence-electron chi connectivity index (χ1n) is 6.55. The first-order valence-corrected chi connectivity index (χ1v) is 7.43. The average molecular weight is 275 g/mol. The lowest BCUT2D eigenvalue weighted by Gasteiger charge is -2.11. The molecule has 4 nitrogen and oxygen atoms in total. The summed E-state index contributed by atoms with van der Waals surface area (Å²) in [5.74, 6) is 0.636. The van der Waals surface area contributed by atoms with Gasteiger partial charge in [-0.15, -0.1) is 11.3 Å². The standard InChI is InChI=1S/C14H17N3OS/c1-8(10-3-4-10)16-14(18)12-5-11(6-15-12)13-7-19-9(2)17-13/h5-8,10,15H,3-4H2,1-2H3,(H,16,18)/t8-/m1/s1. The first kappa shape index (κ1) is 12.4. The lowest BCUT2D eigenvalue weighted by molar-refractivity contribution is 0.0931. The number of carbonyl (C=O) groups excluding carboxylic acids is 1. The predicted molar refractivity (Wildman–Crippen MR) is 76.3 cm³/mol. The summed E-state index contributed by atoms with van der Waals surface area (Å²) in [6.07, 6.45) is 4.30. The van der Waals surface area contributed by atoms with Crippen LogP contribution in [0.1, 0.15) is 35.3 Å². The van der Waals surface area contributed by atoms with Gasteiger partial charge in [-0.2, -0.15) is 0 Å². The molecule has 100 valence electrons. The van der Waals surface area contributed by atoms with E-state index < -0.39 is 0 Å². The summed E-state index contributed by atoms with van der Waals surface area (Å²) in [5, 5.41) is 6.08. The van der Waals surface area contributed by atoms with Gasteiger partial charge in [-0.25, -0.2) is 4.98 Å². The molecule has 5 heteroatoms. The minimum atomic E-state index is -0.0300. The van der Waals surface area contributed by atoms with Gasteiger partial charge in [0.05, 0.1) is 10.7 Å². The number of hydrogen-bond donors (Lipinski definition) is 2. The second-order valence-corrected chi connectivity index (χ2v) is 6.22. The third-order valence-electron chi connectivity index (χ3n) is 3.53. The van der Waals surface area contributed by atoms with E-state index in [1.165, 1.54) is 12.8 Å². The highest BCUT2D eigenvalue weighted by atomic mass is 32.1. The molecule has 1 aliphatic rings. The van der Waals surface area contributed by atoms with Crippen molar-refractivity contribution in [1.29, 1.82) is 0 Å². The molecule has 1 fully saturated rings. The second kappa shape index (κ2) is 4.81. The predicted octanol–water partition coefficient (Wildman–Crippen LogP) is 2.97. The van der Waals surface area contributed by atoms with Gasteiger partial charge in [-0.1, -0.05) is 0 Å². The normalized spacial score (nSPS) is 16.3. The lowest BCUT2D eigenvalue weighted by Crippen LogP contribution is -2.34. The summed E-state index contributed by atoms with van der Waals surface area (Å²) in [5.41, 5.74) is 2.50. The molecule has 1 aliphatic carbocycles. The quantitative estimate of drug-likeness (QED) is 0.901. The van der Waals surface area contributed by atoms with E-state index in [0.29, 0.717) is 11.6 Å². The number of rotatable bonds is 4. The van der Waals surface area contributed by atoms with Gasteiger partial charge in [0.25, 0.3) is 5.91 Å². The van der Waals surface area contributed by atoms with Crippen LogP contribution in [0.3, 0.4) is 0 Å². The average Bonchev–Trinajstić information content (AvgIpc) is 2.95. The van der Waals surface area contributed by atoms with E-state index in [1.807, 2.05) is 24.6 Å². The Balaban J connectivity index is 1.71. The van der Waals surface area contributed by atoms with Gasteiger partial charge in [0.2, 0.25) is 0 Å². The fraction of sp³-hybridized carbons (Fsp3) is 0.429. The lowest BCUT2D eigenvalue weighted by atomic mass is 10.2. The maximum absolute atomic E-state index is 12.1. The molecule has 2 heterocycles. The smallest absolute Gasteiger partial charge is 0.267 e. The van der Waals surface area contributed by atoms with Crippen LogP contribution in [0, 0.1) is 12.8 Å². The van der Waals surface area contributed by atoms with Crippen molar-refractivity contribution in [1.82, 2.24) is 15.3 Å². The molecule has 0 saturated heterocycles. The topological polar surface area (TPSA) is 57.8 Å². The summed E-state index contributed by atoms with van der Waals surface area (Å²) < 4.78 is 0. The highest BCUT2D eigenvalue weighted by Crippen LogP contribution is 2.32. The molecular formula is C14H17N3OS. The maximum Gasteiger partial charge on any atom is 0.267 e. The first-order chi connectivity index (χ1) is 9.13. The Labute approximate surface area is 116 Å². The van der Waals surface area contributed by atoms with Gasteiger partial charge in [0, 0.05) is 23.2 Å². The van der Waals surface area contributed by atoms with Crippen LogP contribution in [0.2, 0.25) is 0 Å². The van der Waals surface area contributed by atoms with E-state index in [9.17, 15) is 4.79 Å². The zero-order valence-electron chi connectivity index (χ0n) is 11.1. The molecule has 2 aromatic rings. The van der Waals surface area contributed by atoms with Crippen LogP contribution < -0.4 is 5.32 Å². The summed E-state index contributed by atoms with van der Waals surface area (Å²) in [4.78, 5) is 19.5. The van der Waals surface area contributed by atoms with E-state index in [0.717, 1.165) is 16.3 Å². The fourth-order valence-electron chi connectivity index (χ4n) is 2.17. The Morgan fingerprint density at radius 1 is 1.58 bits per heavy atom. The highest BCUT2D eigenvalue weighted by molar-refractivity contribution is 7.09. The van der Waals surface area contributed by atoms with Crippen LogP contribution in [0.25, 0.3) is 11.3 Å². The van der Waals surface area contributed by atoms with Crippen molar-refractivity contribution in [2.24, 2.45) is 5.92 Å². The molecule has 0 unspecified atom stereocenters. The molecule has 0 aliphatic heterocycles. The van der Waals surface area contributed by atoms with Crippen molar-refractivity contribution in [3.05, 3.63) is 28.3 Å². The number of nitrogens with zero attached hydrogens (tertiary/aromatic N) is 1. The van der Waals surface area contributed by atoms with Crippen molar-refractivity contribution in [2.75, 3.05) is 0 Å². The minimum Gasteiger partial charge on any atom is -0.357 e. The van der Waals surface area contributed by atoms with E-state index in [2.05, 4.69) is 22.2 Å². The molecule has 0 bridgehead atoms. The van der Waals surface area contributed by atoms with Gasteiger partial charge in [-0.05, 0) is 38.7 Å². The minimum absolute atomic E-state index is 0.0300. The summed E-state index contributed by atoms with van der Waals surface area (Å²) >= 11 is 1.61. The van der Waals surface area contributed by atoms with Crippen LogP contribution >= 0.6 is 11.3 Å². The van der Waals surface area contributed by atoms with Gasteiger partial charge in [0.1, 0.15) is 5.69 Å². The van der Waals surface area contributed by atoms with Crippen molar-refractivity contribution in [3.8, 4) is 11.3 Å². The molecule has 1 saturated carbocycles. The zero-order chi connectivity index (χ0) is 13.4. The van der Waals surface area contributed by atoms with Gasteiger partial charge in [-0.3, -0.25) is 4.79 Å². The van der Waals surface area contributed by atoms with E-state index in [-0.39, 0.29) is 11.9 Å². The summed E-state index contributed by atoms with van der Waals surface area (Å²) in [7, 11) is 0. The monoisotopic (exact) mass is 275 g/mol. The number of aryl methyl sites for hydroxylation is 1. The number of aromatic nitrogens is 2. The van der Waals surface area contributed by atoms with Crippen LogP contribution in [-0.4, -0.2) is 21.9 Å². The molecule has 1 atom stereocenters. The highest BCUT2D eigenvalue weighted by Gasteiger charge is 2.29. The Morgan fingerprint density at radius 3 is 3.00 bits per heavy atom. The largest absolute Gasteiger partial charge is 0.357 e. The molecular weight excluding hydrogens is 258 g/mol. The van der Waals surface area contributed by atoms with Crippen LogP contribution in [-0.2, 0) is 0 Å². The molecule has 2 aromatic heterocycles. The molecule has 0 aromatic carbocycles. The molecule has 0 spiro atoms.